The van der Waals surface area contributed by atoms with E-state index in [1.807, 2.05) is 18.2 Å². The van der Waals surface area contributed by atoms with Gasteiger partial charge in [-0.1, -0.05) is 41.9 Å². The fraction of sp³-hybridized carbons (Fsp3) is 0.0526. The SMILES string of the molecule is C#CCSc1nc2ccccc2n1C(=O)/C=C/c1cccc([N+](=O)[O-])c1. The van der Waals surface area contributed by atoms with Gasteiger partial charge in [0, 0.05) is 18.2 Å². The molecule has 0 atom stereocenters. The number of hydrogen-bond acceptors (Lipinski definition) is 5. The number of carbonyl (C=O) groups is 1. The van der Waals surface area contributed by atoms with Gasteiger partial charge in [-0.3, -0.25) is 19.5 Å². The van der Waals surface area contributed by atoms with Gasteiger partial charge in [-0.05, 0) is 23.8 Å². The largest absolute Gasteiger partial charge is 0.270 e. The van der Waals surface area contributed by atoms with E-state index in [1.165, 1.54) is 34.5 Å². The van der Waals surface area contributed by atoms with E-state index < -0.39 is 4.92 Å². The molecule has 0 saturated carbocycles. The highest BCUT2D eigenvalue weighted by Gasteiger charge is 2.15. The molecule has 7 heteroatoms. The van der Waals surface area contributed by atoms with Crippen LogP contribution in [0.5, 0.6) is 0 Å². The molecule has 1 heterocycles. The van der Waals surface area contributed by atoms with Crippen LogP contribution < -0.4 is 0 Å². The van der Waals surface area contributed by atoms with Crippen molar-refractivity contribution in [3.05, 3.63) is 70.3 Å². The molecule has 2 aromatic carbocycles. The number of nitrogens with zero attached hydrogens (tertiary/aromatic N) is 3. The summed E-state index contributed by atoms with van der Waals surface area (Å²) in [5, 5.41) is 11.4. The van der Waals surface area contributed by atoms with Crippen LogP contribution in [0.3, 0.4) is 0 Å². The van der Waals surface area contributed by atoms with Gasteiger partial charge in [0.05, 0.1) is 21.7 Å². The number of hydrogen-bond donors (Lipinski definition) is 0. The third kappa shape index (κ3) is 3.66. The number of carbonyl (C=O) groups excluding carboxylic acids is 1. The zero-order valence-corrected chi connectivity index (χ0v) is 14.3. The minimum absolute atomic E-state index is 0.0297. The van der Waals surface area contributed by atoms with Crippen LogP contribution in [0.15, 0.2) is 59.8 Å². The lowest BCUT2D eigenvalue weighted by molar-refractivity contribution is -0.384. The molecular formula is C19H13N3O3S. The Kier molecular flexibility index (Phi) is 5.15. The van der Waals surface area contributed by atoms with Gasteiger partial charge in [-0.25, -0.2) is 4.98 Å². The fourth-order valence-corrected chi connectivity index (χ4v) is 3.10. The average Bonchev–Trinajstić information content (AvgIpc) is 3.03. The third-order valence-electron chi connectivity index (χ3n) is 3.53. The van der Waals surface area contributed by atoms with Crippen molar-refractivity contribution in [1.29, 1.82) is 0 Å². The summed E-state index contributed by atoms with van der Waals surface area (Å²) in [7, 11) is 0. The summed E-state index contributed by atoms with van der Waals surface area (Å²) in [4.78, 5) is 27.6. The maximum absolute atomic E-state index is 12.7. The summed E-state index contributed by atoms with van der Waals surface area (Å²) < 4.78 is 1.49. The first-order valence-corrected chi connectivity index (χ1v) is 8.59. The molecule has 6 nitrogen and oxygen atoms in total. The number of thioether (sulfide) groups is 1. The standard InChI is InChI=1S/C19H13N3O3S/c1-2-12-26-19-20-16-8-3-4-9-17(16)21(19)18(23)11-10-14-6-5-7-15(13-14)22(24)25/h1,3-11,13H,12H2/b11-10+. The molecule has 0 amide bonds. The van der Waals surface area contributed by atoms with Crippen LogP contribution >= 0.6 is 11.8 Å². The predicted octanol–water partition coefficient (Wildman–Crippen LogP) is 4.02. The number of nitro benzene ring substituents is 1. The van der Waals surface area contributed by atoms with Crippen molar-refractivity contribution in [1.82, 2.24) is 9.55 Å². The number of benzene rings is 2. The Bertz CT molecular complexity index is 1060. The van der Waals surface area contributed by atoms with Gasteiger partial charge < -0.3 is 0 Å². The minimum atomic E-state index is -0.475. The Morgan fingerprint density at radius 3 is 2.88 bits per heavy atom. The molecule has 26 heavy (non-hydrogen) atoms. The Hall–Kier alpha value is -3.37. The molecule has 0 N–H and O–H groups in total. The van der Waals surface area contributed by atoms with Crippen molar-refractivity contribution in [3.63, 3.8) is 0 Å². The molecule has 0 radical (unpaired) electrons. The van der Waals surface area contributed by atoms with E-state index in [4.69, 9.17) is 6.42 Å². The number of aromatic nitrogens is 2. The van der Waals surface area contributed by atoms with E-state index in [-0.39, 0.29) is 11.6 Å². The van der Waals surface area contributed by atoms with Gasteiger partial charge in [-0.2, -0.15) is 0 Å². The predicted molar refractivity (Wildman–Crippen MR) is 102 cm³/mol. The molecule has 0 aliphatic carbocycles. The van der Waals surface area contributed by atoms with Gasteiger partial charge in [-0.15, -0.1) is 6.42 Å². The quantitative estimate of drug-likeness (QED) is 0.225. The summed E-state index contributed by atoms with van der Waals surface area (Å²) in [6.07, 6.45) is 8.22. The van der Waals surface area contributed by atoms with Crippen molar-refractivity contribution in [2.75, 3.05) is 5.75 Å². The Morgan fingerprint density at radius 1 is 1.31 bits per heavy atom. The zero-order chi connectivity index (χ0) is 18.5. The van der Waals surface area contributed by atoms with Crippen molar-refractivity contribution in [2.45, 2.75) is 5.16 Å². The molecule has 0 bridgehead atoms. The van der Waals surface area contributed by atoms with Gasteiger partial charge in [0.15, 0.2) is 5.16 Å². The number of rotatable bonds is 5. The van der Waals surface area contributed by atoms with Crippen LogP contribution in [-0.4, -0.2) is 26.1 Å². The molecule has 0 saturated heterocycles. The number of nitro groups is 1. The maximum Gasteiger partial charge on any atom is 0.270 e. The summed E-state index contributed by atoms with van der Waals surface area (Å²) in [6, 6.07) is 13.4. The summed E-state index contributed by atoms with van der Waals surface area (Å²) in [5.74, 6) is 2.61. The number of terminal acetylenes is 1. The highest BCUT2D eigenvalue weighted by Crippen LogP contribution is 2.24. The number of imidazole rings is 1. The second-order valence-electron chi connectivity index (χ2n) is 5.23. The van der Waals surface area contributed by atoms with Crippen LogP contribution in [0.25, 0.3) is 17.1 Å². The molecule has 0 aliphatic rings. The molecule has 0 unspecified atom stereocenters. The Balaban J connectivity index is 1.95. The molecule has 0 aliphatic heterocycles. The number of fused-ring (bicyclic) bond motifs is 1. The second-order valence-corrected chi connectivity index (χ2v) is 6.18. The van der Waals surface area contributed by atoms with Crippen LogP contribution in [-0.2, 0) is 0 Å². The second kappa shape index (κ2) is 7.68. The number of allylic oxidation sites excluding steroid dienone is 1. The number of non-ortho nitro benzene ring substituents is 1. The van der Waals surface area contributed by atoms with Crippen molar-refractivity contribution in [2.24, 2.45) is 0 Å². The first kappa shape index (κ1) is 17.5. The molecule has 3 rings (SSSR count). The Morgan fingerprint density at radius 2 is 2.12 bits per heavy atom. The van der Waals surface area contributed by atoms with Crippen LogP contribution in [0, 0.1) is 22.5 Å². The lowest BCUT2D eigenvalue weighted by Gasteiger charge is -2.03. The molecule has 0 spiro atoms. The molecule has 128 valence electrons. The van der Waals surface area contributed by atoms with Gasteiger partial charge in [0.2, 0.25) is 0 Å². The molecule has 0 fully saturated rings. The highest BCUT2D eigenvalue weighted by atomic mass is 32.2. The van der Waals surface area contributed by atoms with E-state index in [1.54, 1.807) is 24.3 Å². The van der Waals surface area contributed by atoms with E-state index in [2.05, 4.69) is 10.9 Å². The minimum Gasteiger partial charge on any atom is -0.269 e. The summed E-state index contributed by atoms with van der Waals surface area (Å²) in [5.41, 5.74) is 1.91. The molecule has 3 aromatic rings. The van der Waals surface area contributed by atoms with E-state index in [0.717, 1.165) is 0 Å². The van der Waals surface area contributed by atoms with Gasteiger partial charge in [0.25, 0.3) is 11.6 Å². The van der Waals surface area contributed by atoms with E-state index in [9.17, 15) is 14.9 Å². The van der Waals surface area contributed by atoms with E-state index >= 15 is 0 Å². The van der Waals surface area contributed by atoms with Crippen LogP contribution in [0.2, 0.25) is 0 Å². The lowest BCUT2D eigenvalue weighted by Crippen LogP contribution is -2.08. The van der Waals surface area contributed by atoms with Crippen molar-refractivity contribution >= 4 is 40.5 Å². The maximum atomic E-state index is 12.7. The lowest BCUT2D eigenvalue weighted by atomic mass is 10.2. The van der Waals surface area contributed by atoms with Crippen molar-refractivity contribution in [3.8, 4) is 12.3 Å². The van der Waals surface area contributed by atoms with Crippen molar-refractivity contribution < 1.29 is 9.72 Å². The first-order valence-electron chi connectivity index (χ1n) is 7.61. The zero-order valence-electron chi connectivity index (χ0n) is 13.5. The average molecular weight is 363 g/mol. The number of para-hydroxylation sites is 2. The van der Waals surface area contributed by atoms with Crippen LogP contribution in [0.1, 0.15) is 10.4 Å². The topological polar surface area (TPSA) is 78.0 Å². The molecular weight excluding hydrogens is 350 g/mol. The summed E-state index contributed by atoms with van der Waals surface area (Å²) >= 11 is 1.30. The third-order valence-corrected chi connectivity index (χ3v) is 4.38. The normalized spacial score (nSPS) is 10.9. The first-order chi connectivity index (χ1) is 12.6. The Labute approximate surface area is 153 Å². The van der Waals surface area contributed by atoms with Gasteiger partial charge >= 0.3 is 0 Å². The fourth-order valence-electron chi connectivity index (χ4n) is 2.40. The smallest absolute Gasteiger partial charge is 0.269 e. The molecule has 1 aromatic heterocycles. The summed E-state index contributed by atoms with van der Waals surface area (Å²) in [6.45, 7) is 0. The van der Waals surface area contributed by atoms with E-state index in [0.29, 0.717) is 27.5 Å². The monoisotopic (exact) mass is 363 g/mol. The van der Waals surface area contributed by atoms with Crippen LogP contribution in [0.4, 0.5) is 5.69 Å². The van der Waals surface area contributed by atoms with Gasteiger partial charge in [0.1, 0.15) is 0 Å². The highest BCUT2D eigenvalue weighted by molar-refractivity contribution is 7.99.